The van der Waals surface area contributed by atoms with Crippen LogP contribution in [0.2, 0.25) is 0 Å². The van der Waals surface area contributed by atoms with Crippen molar-refractivity contribution >= 4 is 11.9 Å². The van der Waals surface area contributed by atoms with E-state index in [1.165, 1.54) is 6.92 Å². The van der Waals surface area contributed by atoms with E-state index in [0.717, 1.165) is 0 Å². The number of hydrogen-bond acceptors (Lipinski definition) is 3. The summed E-state index contributed by atoms with van der Waals surface area (Å²) in [6, 6.07) is 0. The van der Waals surface area contributed by atoms with E-state index >= 15 is 0 Å². The quantitative estimate of drug-likeness (QED) is 0.293. The molecule has 0 aliphatic heterocycles. The molecule has 3 nitrogen and oxygen atoms in total. The summed E-state index contributed by atoms with van der Waals surface area (Å²) < 4.78 is 4.28. The van der Waals surface area contributed by atoms with Gasteiger partial charge in [0.2, 0.25) is 0 Å². The molecular formula is C7H10CuO3. The molecule has 11 heavy (non-hydrogen) atoms. The Balaban J connectivity index is 0. The molecule has 0 atom stereocenters. The molecule has 0 aromatic heterocycles. The van der Waals surface area contributed by atoms with Crippen molar-refractivity contribution < 1.29 is 31.4 Å². The van der Waals surface area contributed by atoms with Crippen LogP contribution in [0.15, 0.2) is 12.2 Å². The van der Waals surface area contributed by atoms with Gasteiger partial charge in [-0.15, -0.1) is 0 Å². The van der Waals surface area contributed by atoms with Crippen LogP contribution >= 0.6 is 0 Å². The van der Waals surface area contributed by atoms with Crippen molar-refractivity contribution in [2.75, 3.05) is 0 Å². The fourth-order valence-electron chi connectivity index (χ4n) is 0.263. The molecule has 0 N–H and O–H groups in total. The zero-order chi connectivity index (χ0) is 8.15. The second-order valence-corrected chi connectivity index (χ2v) is 1.90. The fraction of sp³-hybridized carbons (Fsp3) is 0.429. The van der Waals surface area contributed by atoms with E-state index in [4.69, 9.17) is 0 Å². The third-order valence-corrected chi connectivity index (χ3v) is 0.844. The Morgan fingerprint density at radius 3 is 2.18 bits per heavy atom. The average molecular weight is 206 g/mol. The Kier molecular flexibility index (Phi) is 7.26. The molecule has 0 heterocycles. The molecule has 0 aliphatic rings. The van der Waals surface area contributed by atoms with Gasteiger partial charge in [0.25, 0.3) is 0 Å². The fourth-order valence-corrected chi connectivity index (χ4v) is 0.263. The molecule has 0 aromatic carbocycles. The molecule has 0 spiro atoms. The molecule has 0 bridgehead atoms. The summed E-state index contributed by atoms with van der Waals surface area (Å²) in [5.41, 5.74) is 0.238. The maximum Gasteiger partial charge on any atom is 0.340 e. The number of carbonyl (C=O) groups is 2. The molecule has 0 saturated carbocycles. The van der Waals surface area contributed by atoms with Gasteiger partial charge in [0, 0.05) is 29.1 Å². The minimum atomic E-state index is -0.646. The topological polar surface area (TPSA) is 43.4 Å². The van der Waals surface area contributed by atoms with E-state index in [1.54, 1.807) is 6.92 Å². The van der Waals surface area contributed by atoms with Crippen molar-refractivity contribution in [3.8, 4) is 0 Å². The van der Waals surface area contributed by atoms with Crippen molar-refractivity contribution in [1.29, 1.82) is 0 Å². The predicted molar refractivity (Wildman–Crippen MR) is 36.2 cm³/mol. The van der Waals surface area contributed by atoms with Crippen LogP contribution in [0, 0.1) is 0 Å². The predicted octanol–water partition coefficient (Wildman–Crippen LogP) is 1.04. The second kappa shape index (κ2) is 6.13. The first-order valence-electron chi connectivity index (χ1n) is 2.98. The molecule has 0 rings (SSSR count). The molecule has 0 aliphatic carbocycles. The van der Waals surface area contributed by atoms with Gasteiger partial charge in [0.1, 0.15) is 0 Å². The van der Waals surface area contributed by atoms with Gasteiger partial charge in [-0.3, -0.25) is 4.79 Å². The van der Waals surface area contributed by atoms with Gasteiger partial charge in [0.15, 0.2) is 0 Å². The summed E-state index contributed by atoms with van der Waals surface area (Å²) in [7, 11) is 0. The third kappa shape index (κ3) is 5.83. The molecule has 0 aromatic rings. The van der Waals surface area contributed by atoms with Gasteiger partial charge in [-0.2, -0.15) is 0 Å². The van der Waals surface area contributed by atoms with Gasteiger partial charge in [-0.25, -0.2) is 4.79 Å². The van der Waals surface area contributed by atoms with Crippen LogP contribution in [0.4, 0.5) is 0 Å². The minimum Gasteiger partial charge on any atom is -0.390 e. The number of ether oxygens (including phenoxy) is 1. The molecule has 0 amide bonds. The molecular weight excluding hydrogens is 196 g/mol. The van der Waals surface area contributed by atoms with Gasteiger partial charge in [-0.05, 0) is 6.92 Å². The van der Waals surface area contributed by atoms with Crippen LogP contribution in [0.1, 0.15) is 20.3 Å². The Labute approximate surface area is 76.3 Å². The van der Waals surface area contributed by atoms with E-state index in [0.29, 0.717) is 0 Å². The summed E-state index contributed by atoms with van der Waals surface area (Å²) in [6.45, 7) is 6.43. The first kappa shape index (κ1) is 13.0. The van der Waals surface area contributed by atoms with Crippen molar-refractivity contribution in [2.24, 2.45) is 0 Å². The van der Waals surface area contributed by atoms with Crippen molar-refractivity contribution in [3.05, 3.63) is 12.2 Å². The largest absolute Gasteiger partial charge is 0.390 e. The number of carbonyl (C=O) groups excluding carboxylic acids is 2. The minimum absolute atomic E-state index is 0. The van der Waals surface area contributed by atoms with Gasteiger partial charge < -0.3 is 4.74 Å². The molecule has 0 saturated heterocycles. The Bertz CT molecular complexity index is 175. The summed E-state index contributed by atoms with van der Waals surface area (Å²) in [5, 5.41) is 0. The standard InChI is InChI=1S/C7H10O3.Cu/c1-4-6(8)10-7(9)5(2)3;/h2,4H2,1,3H3;. The number of hydrogen-bond donors (Lipinski definition) is 0. The van der Waals surface area contributed by atoms with E-state index in [9.17, 15) is 9.59 Å². The van der Waals surface area contributed by atoms with Crippen LogP contribution in [-0.2, 0) is 31.4 Å². The number of esters is 2. The van der Waals surface area contributed by atoms with Crippen molar-refractivity contribution in [2.45, 2.75) is 20.3 Å². The molecule has 4 heteroatoms. The van der Waals surface area contributed by atoms with Crippen LogP contribution in [0.5, 0.6) is 0 Å². The van der Waals surface area contributed by atoms with Gasteiger partial charge in [-0.1, -0.05) is 13.5 Å². The molecule has 0 unspecified atom stereocenters. The summed E-state index contributed by atoms with van der Waals surface area (Å²) in [5.74, 6) is -1.17. The van der Waals surface area contributed by atoms with E-state index in [-0.39, 0.29) is 29.1 Å². The SMILES string of the molecule is C=C(C)C(=O)OC(=O)CC.[Cu]. The normalized spacial score (nSPS) is 7.82. The summed E-state index contributed by atoms with van der Waals surface area (Å²) in [6.07, 6.45) is 0.207. The van der Waals surface area contributed by atoms with Crippen molar-refractivity contribution in [1.82, 2.24) is 0 Å². The zero-order valence-electron chi connectivity index (χ0n) is 6.44. The first-order chi connectivity index (χ1) is 4.57. The second-order valence-electron chi connectivity index (χ2n) is 1.90. The maximum absolute atomic E-state index is 10.6. The third-order valence-electron chi connectivity index (χ3n) is 0.844. The monoisotopic (exact) mass is 205 g/mol. The van der Waals surface area contributed by atoms with Crippen molar-refractivity contribution in [3.63, 3.8) is 0 Å². The smallest absolute Gasteiger partial charge is 0.340 e. The number of rotatable bonds is 2. The Morgan fingerprint density at radius 2 is 1.91 bits per heavy atom. The molecule has 0 fully saturated rings. The van der Waals surface area contributed by atoms with Crippen LogP contribution in [0.3, 0.4) is 0 Å². The first-order valence-corrected chi connectivity index (χ1v) is 2.98. The van der Waals surface area contributed by atoms with E-state index in [1.807, 2.05) is 0 Å². The van der Waals surface area contributed by atoms with Crippen LogP contribution in [0.25, 0.3) is 0 Å². The zero-order valence-corrected chi connectivity index (χ0v) is 7.38. The maximum atomic E-state index is 10.6. The summed E-state index contributed by atoms with van der Waals surface area (Å²) >= 11 is 0. The molecule has 67 valence electrons. The Hall–Kier alpha value is -0.601. The van der Waals surface area contributed by atoms with Crippen LogP contribution < -0.4 is 0 Å². The van der Waals surface area contributed by atoms with Gasteiger partial charge >= 0.3 is 11.9 Å². The van der Waals surface area contributed by atoms with Gasteiger partial charge in [0.05, 0.1) is 0 Å². The Morgan fingerprint density at radius 1 is 1.45 bits per heavy atom. The average Bonchev–Trinajstić information content (AvgIpc) is 1.87. The van der Waals surface area contributed by atoms with Crippen LogP contribution in [-0.4, -0.2) is 11.9 Å². The van der Waals surface area contributed by atoms with E-state index < -0.39 is 11.9 Å². The van der Waals surface area contributed by atoms with E-state index in [2.05, 4.69) is 11.3 Å². The molecule has 1 radical (unpaired) electrons. The summed E-state index contributed by atoms with van der Waals surface area (Å²) in [4.78, 5) is 21.0.